The minimum absolute atomic E-state index is 0.101. The number of aromatic hydroxyl groups is 1. The van der Waals surface area contributed by atoms with Gasteiger partial charge in [-0.3, -0.25) is 19.5 Å². The second kappa shape index (κ2) is 6.88. The van der Waals surface area contributed by atoms with Gasteiger partial charge in [0.2, 0.25) is 0 Å². The Labute approximate surface area is 156 Å². The van der Waals surface area contributed by atoms with Gasteiger partial charge in [0.25, 0.3) is 11.8 Å². The third-order valence-electron chi connectivity index (χ3n) is 4.40. The SMILES string of the molecule is O=C1/C(=C\c2cccc(O)c2)c2ccccc2C(=O)N1Cc1ccccn1. The monoisotopic (exact) mass is 356 g/mol. The molecular weight excluding hydrogens is 340 g/mol. The maximum atomic E-state index is 13.1. The first kappa shape index (κ1) is 16.7. The van der Waals surface area contributed by atoms with E-state index in [1.807, 2.05) is 6.07 Å². The molecule has 2 amide bonds. The van der Waals surface area contributed by atoms with Crippen LogP contribution in [-0.2, 0) is 11.3 Å². The van der Waals surface area contributed by atoms with Gasteiger partial charge in [-0.15, -0.1) is 0 Å². The summed E-state index contributed by atoms with van der Waals surface area (Å²) in [5.41, 5.74) is 2.79. The van der Waals surface area contributed by atoms with Crippen LogP contribution in [0.3, 0.4) is 0 Å². The van der Waals surface area contributed by atoms with E-state index < -0.39 is 0 Å². The number of phenolic OH excluding ortho intramolecular Hbond substituents is 1. The molecule has 132 valence electrons. The van der Waals surface area contributed by atoms with Gasteiger partial charge >= 0.3 is 0 Å². The molecule has 0 saturated heterocycles. The Morgan fingerprint density at radius 1 is 0.889 bits per heavy atom. The molecule has 0 aliphatic carbocycles. The average Bonchev–Trinajstić information content (AvgIpc) is 2.69. The highest BCUT2D eigenvalue weighted by atomic mass is 16.3. The molecule has 0 radical (unpaired) electrons. The number of nitrogens with zero attached hydrogens (tertiary/aromatic N) is 2. The second-order valence-electron chi connectivity index (χ2n) is 6.22. The number of carbonyl (C=O) groups is 2. The highest BCUT2D eigenvalue weighted by Gasteiger charge is 2.34. The Morgan fingerprint density at radius 3 is 2.41 bits per heavy atom. The number of fused-ring (bicyclic) bond motifs is 1. The molecular formula is C22H16N2O3. The van der Waals surface area contributed by atoms with Crippen LogP contribution < -0.4 is 0 Å². The van der Waals surface area contributed by atoms with E-state index in [0.29, 0.717) is 28.0 Å². The zero-order valence-electron chi connectivity index (χ0n) is 14.4. The highest BCUT2D eigenvalue weighted by molar-refractivity contribution is 6.33. The summed E-state index contributed by atoms with van der Waals surface area (Å²) in [5.74, 6) is -0.607. The Balaban J connectivity index is 1.81. The van der Waals surface area contributed by atoms with Crippen molar-refractivity contribution in [1.82, 2.24) is 9.88 Å². The summed E-state index contributed by atoms with van der Waals surface area (Å²) in [6.45, 7) is 0.101. The fraction of sp³-hybridized carbons (Fsp3) is 0.0455. The predicted molar refractivity (Wildman–Crippen MR) is 102 cm³/mol. The fourth-order valence-corrected chi connectivity index (χ4v) is 3.12. The van der Waals surface area contributed by atoms with Crippen LogP contribution in [0.2, 0.25) is 0 Å². The molecule has 3 aromatic rings. The van der Waals surface area contributed by atoms with Crippen LogP contribution in [0.25, 0.3) is 11.6 Å². The molecule has 1 aliphatic heterocycles. The normalized spacial score (nSPS) is 15.1. The van der Waals surface area contributed by atoms with E-state index in [-0.39, 0.29) is 24.1 Å². The highest BCUT2D eigenvalue weighted by Crippen LogP contribution is 2.31. The largest absolute Gasteiger partial charge is 0.508 e. The number of imide groups is 1. The second-order valence-corrected chi connectivity index (χ2v) is 6.22. The smallest absolute Gasteiger partial charge is 0.261 e. The van der Waals surface area contributed by atoms with Crippen molar-refractivity contribution in [3.8, 4) is 5.75 Å². The summed E-state index contributed by atoms with van der Waals surface area (Å²) in [6.07, 6.45) is 3.32. The molecule has 1 aromatic heterocycles. The van der Waals surface area contributed by atoms with Gasteiger partial charge in [-0.25, -0.2) is 0 Å². The number of hydrogen-bond donors (Lipinski definition) is 1. The number of amides is 2. The van der Waals surface area contributed by atoms with Crippen molar-refractivity contribution in [2.24, 2.45) is 0 Å². The molecule has 0 spiro atoms. The van der Waals surface area contributed by atoms with Crippen LogP contribution in [0.4, 0.5) is 0 Å². The molecule has 5 nitrogen and oxygen atoms in total. The molecule has 5 heteroatoms. The van der Waals surface area contributed by atoms with Crippen LogP contribution in [0.1, 0.15) is 27.2 Å². The van der Waals surface area contributed by atoms with E-state index in [1.165, 1.54) is 4.90 Å². The average molecular weight is 356 g/mol. The minimum Gasteiger partial charge on any atom is -0.508 e. The van der Waals surface area contributed by atoms with E-state index in [2.05, 4.69) is 4.98 Å². The number of aromatic nitrogens is 1. The van der Waals surface area contributed by atoms with Gasteiger partial charge in [0.05, 0.1) is 12.2 Å². The molecule has 4 rings (SSSR count). The van der Waals surface area contributed by atoms with Crippen molar-refractivity contribution >= 4 is 23.5 Å². The quantitative estimate of drug-likeness (QED) is 0.576. The standard InChI is InChI=1S/C22H16N2O3/c25-17-8-5-6-15(12-17)13-20-18-9-1-2-10-19(18)21(26)24(22(20)27)14-16-7-3-4-11-23-16/h1-13,25H,14H2/b20-13-. The van der Waals surface area contributed by atoms with Gasteiger partial charge in [0.15, 0.2) is 0 Å². The fourth-order valence-electron chi connectivity index (χ4n) is 3.12. The van der Waals surface area contributed by atoms with Crippen molar-refractivity contribution in [2.75, 3.05) is 0 Å². The first-order valence-electron chi connectivity index (χ1n) is 8.50. The van der Waals surface area contributed by atoms with Gasteiger partial charge < -0.3 is 5.11 Å². The summed E-state index contributed by atoms with van der Waals surface area (Å²) in [6, 6.07) is 19.1. The number of carbonyl (C=O) groups excluding carboxylic acids is 2. The summed E-state index contributed by atoms with van der Waals surface area (Å²) in [7, 11) is 0. The van der Waals surface area contributed by atoms with Crippen LogP contribution in [0, 0.1) is 0 Å². The van der Waals surface area contributed by atoms with Crippen molar-refractivity contribution < 1.29 is 14.7 Å². The van der Waals surface area contributed by atoms with Crippen molar-refractivity contribution in [2.45, 2.75) is 6.54 Å². The number of pyridine rings is 1. The number of rotatable bonds is 3. The summed E-state index contributed by atoms with van der Waals surface area (Å²) >= 11 is 0. The third kappa shape index (κ3) is 3.22. The molecule has 0 atom stereocenters. The van der Waals surface area contributed by atoms with Crippen molar-refractivity contribution in [1.29, 1.82) is 0 Å². The lowest BCUT2D eigenvalue weighted by Gasteiger charge is -2.28. The Kier molecular flexibility index (Phi) is 4.26. The van der Waals surface area contributed by atoms with E-state index >= 15 is 0 Å². The number of hydrogen-bond acceptors (Lipinski definition) is 4. The lowest BCUT2D eigenvalue weighted by atomic mass is 9.92. The lowest BCUT2D eigenvalue weighted by molar-refractivity contribution is -0.123. The topological polar surface area (TPSA) is 70.5 Å². The van der Waals surface area contributed by atoms with Crippen LogP contribution in [0.15, 0.2) is 72.9 Å². The summed E-state index contributed by atoms with van der Waals surface area (Å²) < 4.78 is 0. The maximum absolute atomic E-state index is 13.1. The first-order valence-corrected chi connectivity index (χ1v) is 8.50. The van der Waals surface area contributed by atoms with E-state index in [0.717, 1.165) is 0 Å². The lowest BCUT2D eigenvalue weighted by Crippen LogP contribution is -2.41. The molecule has 0 bridgehead atoms. The molecule has 1 N–H and O–H groups in total. The van der Waals surface area contributed by atoms with Gasteiger partial charge in [0.1, 0.15) is 5.75 Å². The summed E-state index contributed by atoms with van der Waals surface area (Å²) in [5, 5.41) is 9.71. The van der Waals surface area contributed by atoms with Gasteiger partial charge in [0, 0.05) is 17.3 Å². The molecule has 0 unspecified atom stereocenters. The Morgan fingerprint density at radius 2 is 1.67 bits per heavy atom. The number of benzene rings is 2. The zero-order chi connectivity index (χ0) is 18.8. The van der Waals surface area contributed by atoms with Crippen LogP contribution in [0.5, 0.6) is 5.75 Å². The van der Waals surface area contributed by atoms with Crippen LogP contribution in [-0.4, -0.2) is 26.8 Å². The van der Waals surface area contributed by atoms with Gasteiger partial charge in [-0.05, 0) is 47.5 Å². The predicted octanol–water partition coefficient (Wildman–Crippen LogP) is 3.51. The van der Waals surface area contributed by atoms with Crippen molar-refractivity contribution in [3.63, 3.8) is 0 Å². The molecule has 1 aliphatic rings. The molecule has 27 heavy (non-hydrogen) atoms. The van der Waals surface area contributed by atoms with Crippen LogP contribution >= 0.6 is 0 Å². The zero-order valence-corrected chi connectivity index (χ0v) is 14.4. The molecule has 0 fully saturated rings. The maximum Gasteiger partial charge on any atom is 0.261 e. The molecule has 2 heterocycles. The van der Waals surface area contributed by atoms with Gasteiger partial charge in [-0.2, -0.15) is 0 Å². The number of phenols is 1. The first-order chi connectivity index (χ1) is 13.1. The van der Waals surface area contributed by atoms with Crippen molar-refractivity contribution in [3.05, 3.63) is 95.3 Å². The summed E-state index contributed by atoms with van der Waals surface area (Å²) in [4.78, 5) is 31.5. The van der Waals surface area contributed by atoms with E-state index in [1.54, 1.807) is 72.9 Å². The Hall–Kier alpha value is -3.73. The van der Waals surface area contributed by atoms with E-state index in [9.17, 15) is 14.7 Å². The Bertz CT molecular complexity index is 1060. The molecule has 0 saturated carbocycles. The van der Waals surface area contributed by atoms with E-state index in [4.69, 9.17) is 0 Å². The van der Waals surface area contributed by atoms with Gasteiger partial charge in [-0.1, -0.05) is 36.4 Å². The molecule has 2 aromatic carbocycles. The minimum atomic E-state index is -0.382. The third-order valence-corrected chi connectivity index (χ3v) is 4.40.